The molecular weight excluding hydrogens is 265 g/mol. The fourth-order valence-corrected chi connectivity index (χ4v) is 2.00. The minimum absolute atomic E-state index is 0.101. The molecule has 0 fully saturated rings. The molecule has 0 aliphatic carbocycles. The molecule has 0 aliphatic rings. The molecule has 0 atom stereocenters. The largest absolute Gasteiger partial charge is 0.489 e. The van der Waals surface area contributed by atoms with Crippen LogP contribution in [0.1, 0.15) is 16.7 Å². The van der Waals surface area contributed by atoms with E-state index in [0.29, 0.717) is 13.2 Å². The Hall–Kier alpha value is -1.58. The topological polar surface area (TPSA) is 35.2 Å². The zero-order valence-corrected chi connectivity index (χ0v) is 11.4. The number of ether oxygens (including phenoxy) is 1. The number of nitrogens with two attached hydrogens (primary N) is 1. The predicted octanol–water partition coefficient (Wildman–Crippen LogP) is 3.83. The van der Waals surface area contributed by atoms with Crippen LogP contribution in [0.4, 0.5) is 4.39 Å². The van der Waals surface area contributed by atoms with Gasteiger partial charge in [-0.1, -0.05) is 35.4 Å². The maximum absolute atomic E-state index is 13.0. The lowest BCUT2D eigenvalue weighted by Crippen LogP contribution is -2.03. The first kappa shape index (κ1) is 13.8. The lowest BCUT2D eigenvalue weighted by molar-refractivity contribution is 0.303. The second-order valence-electron chi connectivity index (χ2n) is 4.35. The quantitative estimate of drug-likeness (QED) is 0.923. The Morgan fingerprint density at radius 1 is 1.21 bits per heavy atom. The van der Waals surface area contributed by atoms with Gasteiger partial charge in [-0.15, -0.1) is 0 Å². The Kier molecular flexibility index (Phi) is 4.40. The zero-order valence-electron chi connectivity index (χ0n) is 10.6. The second-order valence-corrected chi connectivity index (χ2v) is 4.76. The molecule has 0 spiro atoms. The molecular formula is C15H15ClFNO. The highest BCUT2D eigenvalue weighted by atomic mass is 35.5. The fourth-order valence-electron chi connectivity index (χ4n) is 1.80. The summed E-state index contributed by atoms with van der Waals surface area (Å²) in [5.41, 5.74) is 8.59. The van der Waals surface area contributed by atoms with Crippen LogP contribution in [0.15, 0.2) is 36.4 Å². The van der Waals surface area contributed by atoms with Crippen molar-refractivity contribution in [2.45, 2.75) is 20.1 Å². The van der Waals surface area contributed by atoms with E-state index < -0.39 is 5.82 Å². The van der Waals surface area contributed by atoms with Crippen LogP contribution in [0.3, 0.4) is 0 Å². The van der Waals surface area contributed by atoms with Gasteiger partial charge in [0, 0.05) is 12.1 Å². The van der Waals surface area contributed by atoms with E-state index in [9.17, 15) is 4.39 Å². The standard InChI is InChI=1S/C15H15ClFNO/c1-10-2-5-15(12(6-10)8-18)19-9-11-3-4-14(17)13(16)7-11/h2-7H,8-9,18H2,1H3. The molecule has 2 nitrogen and oxygen atoms in total. The normalized spacial score (nSPS) is 10.5. The molecule has 0 heterocycles. The fraction of sp³-hybridized carbons (Fsp3) is 0.200. The molecule has 2 aromatic rings. The predicted molar refractivity (Wildman–Crippen MR) is 74.8 cm³/mol. The molecule has 100 valence electrons. The zero-order chi connectivity index (χ0) is 13.8. The third-order valence-electron chi connectivity index (χ3n) is 2.81. The number of hydrogen-bond donors (Lipinski definition) is 1. The van der Waals surface area contributed by atoms with Crippen molar-refractivity contribution in [2.24, 2.45) is 5.73 Å². The van der Waals surface area contributed by atoms with Crippen molar-refractivity contribution in [3.8, 4) is 5.75 Å². The van der Waals surface area contributed by atoms with E-state index in [4.69, 9.17) is 22.1 Å². The van der Waals surface area contributed by atoms with Crippen molar-refractivity contribution >= 4 is 11.6 Å². The Bertz CT molecular complexity index is 586. The van der Waals surface area contributed by atoms with Gasteiger partial charge in [0.1, 0.15) is 18.2 Å². The summed E-state index contributed by atoms with van der Waals surface area (Å²) in [7, 11) is 0. The molecule has 0 saturated heterocycles. The molecule has 0 aliphatic heterocycles. The first-order chi connectivity index (χ1) is 9.10. The van der Waals surface area contributed by atoms with E-state index in [-0.39, 0.29) is 5.02 Å². The van der Waals surface area contributed by atoms with Gasteiger partial charge in [0.2, 0.25) is 0 Å². The Labute approximate surface area is 117 Å². The lowest BCUT2D eigenvalue weighted by atomic mass is 10.1. The van der Waals surface area contributed by atoms with Crippen molar-refractivity contribution in [1.82, 2.24) is 0 Å². The van der Waals surface area contributed by atoms with Crippen LogP contribution >= 0.6 is 11.6 Å². The SMILES string of the molecule is Cc1ccc(OCc2ccc(F)c(Cl)c2)c(CN)c1. The molecule has 0 amide bonds. The van der Waals surface area contributed by atoms with Gasteiger partial charge in [-0.2, -0.15) is 0 Å². The minimum atomic E-state index is -0.427. The summed E-state index contributed by atoms with van der Waals surface area (Å²) in [5.74, 6) is 0.317. The van der Waals surface area contributed by atoms with Crippen LogP contribution < -0.4 is 10.5 Å². The number of aryl methyl sites for hydroxylation is 1. The molecule has 4 heteroatoms. The summed E-state index contributed by atoms with van der Waals surface area (Å²) < 4.78 is 18.7. The van der Waals surface area contributed by atoms with Crippen LogP contribution in [0.25, 0.3) is 0 Å². The number of hydrogen-bond acceptors (Lipinski definition) is 2. The van der Waals surface area contributed by atoms with Gasteiger partial charge in [0.25, 0.3) is 0 Å². The van der Waals surface area contributed by atoms with Crippen molar-refractivity contribution in [2.75, 3.05) is 0 Å². The highest BCUT2D eigenvalue weighted by Gasteiger charge is 2.05. The molecule has 2 aromatic carbocycles. The molecule has 0 unspecified atom stereocenters. The third kappa shape index (κ3) is 3.46. The summed E-state index contributed by atoms with van der Waals surface area (Å²) in [6.45, 7) is 2.75. The lowest BCUT2D eigenvalue weighted by Gasteiger charge is -2.11. The molecule has 0 radical (unpaired) electrons. The number of rotatable bonds is 4. The molecule has 2 rings (SSSR count). The van der Waals surface area contributed by atoms with E-state index in [1.165, 1.54) is 6.07 Å². The second kappa shape index (κ2) is 6.04. The summed E-state index contributed by atoms with van der Waals surface area (Å²) in [5, 5.41) is 0.101. The highest BCUT2D eigenvalue weighted by Crippen LogP contribution is 2.22. The van der Waals surface area contributed by atoms with Crippen molar-refractivity contribution in [1.29, 1.82) is 0 Å². The summed E-state index contributed by atoms with van der Waals surface area (Å²) >= 11 is 5.72. The molecule has 19 heavy (non-hydrogen) atoms. The Morgan fingerprint density at radius 2 is 2.00 bits per heavy atom. The van der Waals surface area contributed by atoms with Crippen molar-refractivity contribution in [3.05, 3.63) is 63.9 Å². The van der Waals surface area contributed by atoms with Gasteiger partial charge in [-0.3, -0.25) is 0 Å². The van der Waals surface area contributed by atoms with Crippen LogP contribution in [-0.2, 0) is 13.2 Å². The summed E-state index contributed by atoms with van der Waals surface area (Å²) in [6, 6.07) is 10.4. The van der Waals surface area contributed by atoms with Crippen LogP contribution in [0.5, 0.6) is 5.75 Å². The van der Waals surface area contributed by atoms with E-state index in [1.807, 2.05) is 25.1 Å². The van der Waals surface area contributed by atoms with E-state index >= 15 is 0 Å². The van der Waals surface area contributed by atoms with Gasteiger partial charge in [0.15, 0.2) is 0 Å². The van der Waals surface area contributed by atoms with Crippen LogP contribution in [0, 0.1) is 12.7 Å². The van der Waals surface area contributed by atoms with Crippen LogP contribution in [0.2, 0.25) is 5.02 Å². The van der Waals surface area contributed by atoms with Gasteiger partial charge < -0.3 is 10.5 Å². The van der Waals surface area contributed by atoms with E-state index in [2.05, 4.69) is 0 Å². The van der Waals surface area contributed by atoms with E-state index in [0.717, 1.165) is 22.4 Å². The maximum atomic E-state index is 13.0. The third-order valence-corrected chi connectivity index (χ3v) is 3.10. The summed E-state index contributed by atoms with van der Waals surface area (Å²) in [6.07, 6.45) is 0. The Balaban J connectivity index is 2.12. The van der Waals surface area contributed by atoms with Gasteiger partial charge >= 0.3 is 0 Å². The average molecular weight is 280 g/mol. The highest BCUT2D eigenvalue weighted by molar-refractivity contribution is 6.30. The van der Waals surface area contributed by atoms with Gasteiger partial charge in [-0.25, -0.2) is 4.39 Å². The number of halogens is 2. The smallest absolute Gasteiger partial charge is 0.141 e. The van der Waals surface area contributed by atoms with Crippen molar-refractivity contribution < 1.29 is 9.13 Å². The van der Waals surface area contributed by atoms with Crippen LogP contribution in [-0.4, -0.2) is 0 Å². The molecule has 0 aromatic heterocycles. The molecule has 0 saturated carbocycles. The number of benzene rings is 2. The Morgan fingerprint density at radius 3 is 2.68 bits per heavy atom. The average Bonchev–Trinajstić information content (AvgIpc) is 2.41. The maximum Gasteiger partial charge on any atom is 0.141 e. The van der Waals surface area contributed by atoms with E-state index in [1.54, 1.807) is 12.1 Å². The summed E-state index contributed by atoms with van der Waals surface area (Å²) in [4.78, 5) is 0. The van der Waals surface area contributed by atoms with Gasteiger partial charge in [0.05, 0.1) is 5.02 Å². The molecule has 2 N–H and O–H groups in total. The van der Waals surface area contributed by atoms with Crippen molar-refractivity contribution in [3.63, 3.8) is 0 Å². The first-order valence-corrected chi connectivity index (χ1v) is 6.34. The molecule has 0 bridgehead atoms. The minimum Gasteiger partial charge on any atom is -0.489 e. The monoisotopic (exact) mass is 279 g/mol. The first-order valence-electron chi connectivity index (χ1n) is 5.96. The van der Waals surface area contributed by atoms with Gasteiger partial charge in [-0.05, 0) is 30.7 Å².